The van der Waals surface area contributed by atoms with Crippen LogP contribution in [0.15, 0.2) is 36.4 Å². The highest BCUT2D eigenvalue weighted by Crippen LogP contribution is 2.40. The van der Waals surface area contributed by atoms with E-state index >= 15 is 0 Å². The number of nitrogens with zero attached hydrogens (tertiary/aromatic N) is 1. The minimum atomic E-state index is -0.534. The number of hydrogen-bond donors (Lipinski definition) is 0. The van der Waals surface area contributed by atoms with Crippen molar-refractivity contribution in [2.75, 3.05) is 32.9 Å². The lowest BCUT2D eigenvalue weighted by Gasteiger charge is -2.54. The number of amides is 1. The van der Waals surface area contributed by atoms with Gasteiger partial charge in [-0.25, -0.2) is 0 Å². The first-order chi connectivity index (χ1) is 12.4. The molecule has 2 aromatic rings. The van der Waals surface area contributed by atoms with Gasteiger partial charge in [-0.1, -0.05) is 30.3 Å². The van der Waals surface area contributed by atoms with Crippen LogP contribution in [0.2, 0.25) is 0 Å². The van der Waals surface area contributed by atoms with Crippen LogP contribution in [0.1, 0.15) is 31.1 Å². The molecule has 2 aromatic carbocycles. The molecule has 0 radical (unpaired) electrons. The van der Waals surface area contributed by atoms with Crippen LogP contribution in [0.25, 0.3) is 10.8 Å². The molecular weight excluding hydrogens is 330 g/mol. The van der Waals surface area contributed by atoms with Gasteiger partial charge in [-0.15, -0.1) is 0 Å². The molecule has 0 N–H and O–H groups in total. The Labute approximate surface area is 153 Å². The van der Waals surface area contributed by atoms with Crippen LogP contribution in [0, 0.1) is 5.41 Å². The summed E-state index contributed by atoms with van der Waals surface area (Å²) in [6, 6.07) is 11.8. The van der Waals surface area contributed by atoms with Gasteiger partial charge >= 0.3 is 0 Å². The third kappa shape index (κ3) is 2.95. The second-order valence-electron chi connectivity index (χ2n) is 7.73. The molecule has 2 aliphatic rings. The van der Waals surface area contributed by atoms with Crippen molar-refractivity contribution in [2.24, 2.45) is 5.41 Å². The molecule has 0 unspecified atom stereocenters. The highest BCUT2D eigenvalue weighted by molar-refractivity contribution is 6.09. The molecule has 5 nitrogen and oxygen atoms in total. The average Bonchev–Trinajstić information content (AvgIpc) is 2.60. The molecular formula is C21H25NO4. The summed E-state index contributed by atoms with van der Waals surface area (Å²) in [4.78, 5) is 15.1. The summed E-state index contributed by atoms with van der Waals surface area (Å²) < 4.78 is 17.4. The summed E-state index contributed by atoms with van der Waals surface area (Å²) in [6.45, 7) is 8.85. The third-order valence-electron chi connectivity index (χ3n) is 5.20. The monoisotopic (exact) mass is 355 g/mol. The first kappa shape index (κ1) is 17.3. The summed E-state index contributed by atoms with van der Waals surface area (Å²) in [5.74, 6) is 0.128. The van der Waals surface area contributed by atoms with Gasteiger partial charge in [0.2, 0.25) is 0 Å². The summed E-state index contributed by atoms with van der Waals surface area (Å²) in [5.41, 5.74) is 0.569. The van der Waals surface area contributed by atoms with E-state index in [4.69, 9.17) is 14.2 Å². The molecule has 0 aliphatic carbocycles. The van der Waals surface area contributed by atoms with Crippen LogP contribution in [0.4, 0.5) is 0 Å². The predicted molar refractivity (Wildman–Crippen MR) is 99.4 cm³/mol. The van der Waals surface area contributed by atoms with Gasteiger partial charge in [0.25, 0.3) is 5.91 Å². The normalized spacial score (nSPS) is 20.8. The molecule has 2 saturated heterocycles. The van der Waals surface area contributed by atoms with Crippen molar-refractivity contribution in [1.29, 1.82) is 0 Å². The van der Waals surface area contributed by atoms with Crippen molar-refractivity contribution >= 4 is 16.7 Å². The Morgan fingerprint density at radius 2 is 1.81 bits per heavy atom. The maximum atomic E-state index is 13.3. The van der Waals surface area contributed by atoms with Crippen LogP contribution in [0.5, 0.6) is 5.75 Å². The Kier molecular flexibility index (Phi) is 4.16. The predicted octanol–water partition coefficient (Wildman–Crippen LogP) is 3.46. The lowest BCUT2D eigenvalue weighted by atomic mass is 9.80. The molecule has 1 spiro atoms. The zero-order chi connectivity index (χ0) is 18.4. The minimum Gasteiger partial charge on any atom is -0.493 e. The Hall–Kier alpha value is -2.11. The van der Waals surface area contributed by atoms with Crippen molar-refractivity contribution in [3.8, 4) is 5.75 Å². The van der Waals surface area contributed by atoms with Crippen molar-refractivity contribution in [1.82, 2.24) is 4.90 Å². The number of rotatable bonds is 3. The molecule has 26 heavy (non-hydrogen) atoms. The zero-order valence-electron chi connectivity index (χ0n) is 15.6. The van der Waals surface area contributed by atoms with E-state index in [1.165, 1.54) is 0 Å². The van der Waals surface area contributed by atoms with Crippen LogP contribution < -0.4 is 4.74 Å². The van der Waals surface area contributed by atoms with E-state index in [0.717, 1.165) is 10.8 Å². The fourth-order valence-electron chi connectivity index (χ4n) is 3.73. The van der Waals surface area contributed by atoms with Crippen molar-refractivity contribution in [3.63, 3.8) is 0 Å². The third-order valence-corrected chi connectivity index (χ3v) is 5.20. The molecule has 0 atom stereocenters. The molecule has 0 bridgehead atoms. The van der Waals surface area contributed by atoms with Crippen LogP contribution in [0.3, 0.4) is 0 Å². The van der Waals surface area contributed by atoms with Crippen molar-refractivity contribution in [2.45, 2.75) is 26.6 Å². The minimum absolute atomic E-state index is 0.0145. The fourth-order valence-corrected chi connectivity index (χ4v) is 3.73. The highest BCUT2D eigenvalue weighted by Gasteiger charge is 2.50. The lowest BCUT2D eigenvalue weighted by molar-refractivity contribution is -0.301. The van der Waals surface area contributed by atoms with Crippen LogP contribution >= 0.6 is 0 Å². The van der Waals surface area contributed by atoms with Crippen LogP contribution in [-0.2, 0) is 9.47 Å². The summed E-state index contributed by atoms with van der Waals surface area (Å²) in [6.07, 6.45) is 0. The number of ether oxygens (including phenoxy) is 3. The molecule has 4 rings (SSSR count). The maximum absolute atomic E-state index is 13.3. The Morgan fingerprint density at radius 3 is 2.50 bits per heavy atom. The number of hydrogen-bond acceptors (Lipinski definition) is 4. The zero-order valence-corrected chi connectivity index (χ0v) is 15.6. The number of likely N-dealkylation sites (tertiary alicyclic amines) is 1. The van der Waals surface area contributed by atoms with Gasteiger partial charge in [0.05, 0.1) is 30.8 Å². The van der Waals surface area contributed by atoms with Gasteiger partial charge in [0.1, 0.15) is 5.75 Å². The number of benzene rings is 2. The molecule has 2 fully saturated rings. The highest BCUT2D eigenvalue weighted by atomic mass is 16.7. The molecule has 2 heterocycles. The van der Waals surface area contributed by atoms with Crippen LogP contribution in [-0.4, -0.2) is 49.5 Å². The second-order valence-corrected chi connectivity index (χ2v) is 7.73. The van der Waals surface area contributed by atoms with Crippen molar-refractivity contribution < 1.29 is 19.0 Å². The van der Waals surface area contributed by atoms with E-state index in [9.17, 15) is 4.79 Å². The number of carbonyl (C=O) groups excluding carboxylic acids is 1. The molecule has 0 aromatic heterocycles. The van der Waals surface area contributed by atoms with Crippen molar-refractivity contribution in [3.05, 3.63) is 42.0 Å². The lowest BCUT2D eigenvalue weighted by Crippen LogP contribution is -2.65. The molecule has 2 aliphatic heterocycles. The van der Waals surface area contributed by atoms with Gasteiger partial charge < -0.3 is 19.1 Å². The van der Waals surface area contributed by atoms with Gasteiger partial charge in [-0.2, -0.15) is 0 Å². The standard InChI is InChI=1S/C21H25NO4/c1-4-24-17-10-9-15-7-5-6-8-16(15)18(17)19(23)22-11-21(12-22)13-25-20(2,3)26-14-21/h5-10H,4,11-14H2,1-3H3. The molecule has 0 saturated carbocycles. The maximum Gasteiger partial charge on any atom is 0.258 e. The van der Waals surface area contributed by atoms with E-state index in [-0.39, 0.29) is 11.3 Å². The number of fused-ring (bicyclic) bond motifs is 1. The second kappa shape index (κ2) is 6.25. The smallest absolute Gasteiger partial charge is 0.258 e. The van der Waals surface area contributed by atoms with Gasteiger partial charge in [-0.3, -0.25) is 4.79 Å². The van der Waals surface area contributed by atoms with E-state index in [2.05, 4.69) is 0 Å². The molecule has 138 valence electrons. The Bertz CT molecular complexity index is 827. The summed E-state index contributed by atoms with van der Waals surface area (Å²) in [5, 5.41) is 1.97. The van der Waals surface area contributed by atoms with E-state index in [0.29, 0.717) is 44.2 Å². The molecule has 5 heteroatoms. The topological polar surface area (TPSA) is 48.0 Å². The Morgan fingerprint density at radius 1 is 1.12 bits per heavy atom. The Balaban J connectivity index is 1.59. The van der Waals surface area contributed by atoms with Gasteiger partial charge in [-0.05, 0) is 37.6 Å². The fraction of sp³-hybridized carbons (Fsp3) is 0.476. The van der Waals surface area contributed by atoms with E-state index < -0.39 is 5.79 Å². The average molecular weight is 355 g/mol. The first-order valence-electron chi connectivity index (χ1n) is 9.15. The first-order valence-corrected chi connectivity index (χ1v) is 9.15. The largest absolute Gasteiger partial charge is 0.493 e. The van der Waals surface area contributed by atoms with E-state index in [1.54, 1.807) is 0 Å². The molecule has 1 amide bonds. The summed E-state index contributed by atoms with van der Waals surface area (Å²) >= 11 is 0. The van der Waals surface area contributed by atoms with Gasteiger partial charge in [0, 0.05) is 13.1 Å². The number of carbonyl (C=O) groups is 1. The SMILES string of the molecule is CCOc1ccc2ccccc2c1C(=O)N1CC2(COC(C)(C)OC2)C1. The van der Waals surface area contributed by atoms with Gasteiger partial charge in [0.15, 0.2) is 5.79 Å². The quantitative estimate of drug-likeness (QED) is 0.846. The van der Waals surface area contributed by atoms with E-state index in [1.807, 2.05) is 62.1 Å². The summed E-state index contributed by atoms with van der Waals surface area (Å²) in [7, 11) is 0.